The number of amides is 2. The minimum Gasteiger partial charge on any atom is -0.370 e. The van der Waals surface area contributed by atoms with Crippen molar-refractivity contribution in [3.8, 4) is 10.4 Å². The van der Waals surface area contributed by atoms with E-state index in [2.05, 4.69) is 4.98 Å². The van der Waals surface area contributed by atoms with Crippen LogP contribution in [0.1, 0.15) is 12.0 Å². The molecule has 2 aromatic heterocycles. The molecule has 0 aliphatic rings. The van der Waals surface area contributed by atoms with E-state index in [4.69, 9.17) is 5.73 Å². The fourth-order valence-electron chi connectivity index (χ4n) is 3.40. The Morgan fingerprint density at radius 2 is 1.72 bits per heavy atom. The normalized spacial score (nSPS) is 10.9. The van der Waals surface area contributed by atoms with Crippen molar-refractivity contribution in [1.82, 2.24) is 14.5 Å². The van der Waals surface area contributed by atoms with E-state index < -0.39 is 5.91 Å². The number of carbonyl (C=O) groups is 2. The Labute approximate surface area is 188 Å². The molecular formula is C24H22N4O3S. The number of carbonyl (C=O) groups excluding carboxylic acids is 2. The summed E-state index contributed by atoms with van der Waals surface area (Å²) in [4.78, 5) is 44.9. The summed E-state index contributed by atoms with van der Waals surface area (Å²) in [7, 11) is 0. The van der Waals surface area contributed by atoms with Gasteiger partial charge in [0.2, 0.25) is 11.8 Å². The van der Waals surface area contributed by atoms with Gasteiger partial charge in [-0.3, -0.25) is 19.0 Å². The molecule has 0 radical (unpaired) electrons. The van der Waals surface area contributed by atoms with Gasteiger partial charge in [0.25, 0.3) is 5.56 Å². The Morgan fingerprint density at radius 3 is 2.41 bits per heavy atom. The first-order valence-corrected chi connectivity index (χ1v) is 11.0. The van der Waals surface area contributed by atoms with Gasteiger partial charge in [-0.25, -0.2) is 4.98 Å². The van der Waals surface area contributed by atoms with Crippen molar-refractivity contribution in [3.05, 3.63) is 89.0 Å². The average molecular weight is 447 g/mol. The summed E-state index contributed by atoms with van der Waals surface area (Å²) >= 11 is 1.44. The van der Waals surface area contributed by atoms with Gasteiger partial charge in [0, 0.05) is 24.4 Å². The number of fused-ring (bicyclic) bond motifs is 1. The number of benzene rings is 2. The van der Waals surface area contributed by atoms with Gasteiger partial charge in [-0.1, -0.05) is 60.7 Å². The van der Waals surface area contributed by atoms with Crippen LogP contribution in [-0.4, -0.2) is 32.8 Å². The monoisotopic (exact) mass is 446 g/mol. The maximum absolute atomic E-state index is 13.0. The molecule has 32 heavy (non-hydrogen) atoms. The summed E-state index contributed by atoms with van der Waals surface area (Å²) in [6, 6.07) is 21.1. The van der Waals surface area contributed by atoms with Gasteiger partial charge in [-0.2, -0.15) is 0 Å². The van der Waals surface area contributed by atoms with Gasteiger partial charge in [-0.15, -0.1) is 11.3 Å². The SMILES string of the molecule is NC(=O)CCN(Cc1ccccc1)C(=O)Cn1cnc2sc(-c3ccccc3)cc2c1=O. The lowest BCUT2D eigenvalue weighted by Gasteiger charge is -2.22. The van der Waals surface area contributed by atoms with Crippen molar-refractivity contribution < 1.29 is 9.59 Å². The van der Waals surface area contributed by atoms with Crippen LogP contribution in [0.25, 0.3) is 20.7 Å². The molecule has 0 atom stereocenters. The predicted molar refractivity (Wildman–Crippen MR) is 125 cm³/mol. The van der Waals surface area contributed by atoms with Crippen LogP contribution in [0.15, 0.2) is 77.9 Å². The van der Waals surface area contributed by atoms with Gasteiger partial charge in [0.15, 0.2) is 0 Å². The van der Waals surface area contributed by atoms with Crippen LogP contribution in [0, 0.1) is 0 Å². The first-order valence-electron chi connectivity index (χ1n) is 10.2. The van der Waals surface area contributed by atoms with Gasteiger partial charge >= 0.3 is 0 Å². The Hall–Kier alpha value is -3.78. The highest BCUT2D eigenvalue weighted by atomic mass is 32.1. The molecule has 8 heteroatoms. The third-order valence-electron chi connectivity index (χ3n) is 5.08. The second-order valence-corrected chi connectivity index (χ2v) is 8.42. The lowest BCUT2D eigenvalue weighted by molar-refractivity contribution is -0.133. The van der Waals surface area contributed by atoms with E-state index in [0.717, 1.165) is 16.0 Å². The summed E-state index contributed by atoms with van der Waals surface area (Å²) in [5, 5.41) is 0.482. The van der Waals surface area contributed by atoms with Crippen molar-refractivity contribution in [2.24, 2.45) is 5.73 Å². The molecule has 2 amide bonds. The summed E-state index contributed by atoms with van der Waals surface area (Å²) < 4.78 is 1.31. The molecule has 2 aromatic carbocycles. The zero-order chi connectivity index (χ0) is 22.5. The lowest BCUT2D eigenvalue weighted by atomic mass is 10.2. The molecule has 7 nitrogen and oxygen atoms in total. The summed E-state index contributed by atoms with van der Waals surface area (Å²) in [6.07, 6.45) is 1.46. The smallest absolute Gasteiger partial charge is 0.262 e. The Bertz CT molecular complexity index is 1300. The summed E-state index contributed by atoms with van der Waals surface area (Å²) in [5.41, 5.74) is 6.95. The Balaban J connectivity index is 1.58. The topological polar surface area (TPSA) is 98.3 Å². The molecule has 162 valence electrons. The lowest BCUT2D eigenvalue weighted by Crippen LogP contribution is -2.38. The summed E-state index contributed by atoms with van der Waals surface area (Å²) in [5.74, 6) is -0.764. The highest BCUT2D eigenvalue weighted by Crippen LogP contribution is 2.30. The molecule has 0 unspecified atom stereocenters. The number of primary amides is 1. The molecular weight excluding hydrogens is 424 g/mol. The van der Waals surface area contributed by atoms with Crippen molar-refractivity contribution in [2.75, 3.05) is 6.54 Å². The van der Waals surface area contributed by atoms with Gasteiger partial charge in [0.05, 0.1) is 11.7 Å². The predicted octanol–water partition coefficient (Wildman–Crippen LogP) is 3.03. The first kappa shape index (κ1) is 21.5. The third kappa shape index (κ3) is 4.92. The number of nitrogens with two attached hydrogens (primary N) is 1. The molecule has 0 fully saturated rings. The second kappa shape index (κ2) is 9.57. The average Bonchev–Trinajstić information content (AvgIpc) is 3.25. The molecule has 0 bridgehead atoms. The van der Waals surface area contributed by atoms with Crippen LogP contribution in [0.3, 0.4) is 0 Å². The van der Waals surface area contributed by atoms with Crippen molar-refractivity contribution in [2.45, 2.75) is 19.5 Å². The van der Waals surface area contributed by atoms with E-state index >= 15 is 0 Å². The molecule has 2 heterocycles. The quantitative estimate of drug-likeness (QED) is 0.450. The zero-order valence-electron chi connectivity index (χ0n) is 17.3. The maximum atomic E-state index is 13.0. The number of nitrogens with zero attached hydrogens (tertiary/aromatic N) is 3. The highest BCUT2D eigenvalue weighted by molar-refractivity contribution is 7.21. The minimum atomic E-state index is -0.483. The van der Waals surface area contributed by atoms with E-state index in [1.807, 2.05) is 66.7 Å². The fourth-order valence-corrected chi connectivity index (χ4v) is 4.40. The Morgan fingerprint density at radius 1 is 1.03 bits per heavy atom. The largest absolute Gasteiger partial charge is 0.370 e. The van der Waals surface area contributed by atoms with E-state index in [1.54, 1.807) is 4.90 Å². The number of rotatable bonds is 8. The van der Waals surface area contributed by atoms with Crippen molar-refractivity contribution >= 4 is 33.4 Å². The van der Waals surface area contributed by atoms with Gasteiger partial charge in [-0.05, 0) is 17.2 Å². The minimum absolute atomic E-state index is 0.0513. The summed E-state index contributed by atoms with van der Waals surface area (Å²) in [6.45, 7) is 0.349. The molecule has 4 rings (SSSR count). The maximum Gasteiger partial charge on any atom is 0.262 e. The van der Waals surface area contributed by atoms with E-state index in [-0.39, 0.29) is 31.0 Å². The van der Waals surface area contributed by atoms with Crippen molar-refractivity contribution in [1.29, 1.82) is 0 Å². The zero-order valence-corrected chi connectivity index (χ0v) is 18.1. The molecule has 4 aromatic rings. The number of hydrogen-bond donors (Lipinski definition) is 1. The van der Waals surface area contributed by atoms with E-state index in [0.29, 0.717) is 16.8 Å². The van der Waals surface area contributed by atoms with Crippen LogP contribution >= 0.6 is 11.3 Å². The number of hydrogen-bond acceptors (Lipinski definition) is 5. The first-order chi connectivity index (χ1) is 15.5. The van der Waals surface area contributed by atoms with E-state index in [1.165, 1.54) is 22.2 Å². The molecule has 0 saturated carbocycles. The molecule has 2 N–H and O–H groups in total. The van der Waals surface area contributed by atoms with Crippen LogP contribution in [0.5, 0.6) is 0 Å². The van der Waals surface area contributed by atoms with Crippen molar-refractivity contribution in [3.63, 3.8) is 0 Å². The number of aromatic nitrogens is 2. The fraction of sp³-hybridized carbons (Fsp3) is 0.167. The van der Waals surface area contributed by atoms with Crippen LogP contribution < -0.4 is 11.3 Å². The van der Waals surface area contributed by atoms with Crippen LogP contribution in [0.4, 0.5) is 0 Å². The molecule has 0 aliphatic heterocycles. The third-order valence-corrected chi connectivity index (χ3v) is 6.17. The van der Waals surface area contributed by atoms with Gasteiger partial charge < -0.3 is 10.6 Å². The molecule has 0 saturated heterocycles. The van der Waals surface area contributed by atoms with Crippen LogP contribution in [-0.2, 0) is 22.7 Å². The molecule has 0 spiro atoms. The highest BCUT2D eigenvalue weighted by Gasteiger charge is 2.18. The Kier molecular flexibility index (Phi) is 6.42. The van der Waals surface area contributed by atoms with Gasteiger partial charge in [0.1, 0.15) is 11.4 Å². The standard InChI is InChI=1S/C24H22N4O3S/c25-21(29)11-12-27(14-17-7-3-1-4-8-17)22(30)15-28-16-26-23-19(24(28)31)13-20(32-23)18-9-5-2-6-10-18/h1-10,13,16H,11-12,14-15H2,(H2,25,29). The number of thiophene rings is 1. The van der Waals surface area contributed by atoms with E-state index in [9.17, 15) is 14.4 Å². The second-order valence-electron chi connectivity index (χ2n) is 7.39. The molecule has 0 aliphatic carbocycles. The van der Waals surface area contributed by atoms with Crippen LogP contribution in [0.2, 0.25) is 0 Å².